The smallest absolute Gasteiger partial charge is 0.298 e. The summed E-state index contributed by atoms with van der Waals surface area (Å²) < 4.78 is 0. The summed E-state index contributed by atoms with van der Waals surface area (Å²) in [5, 5.41) is 0. The first kappa shape index (κ1) is 28.5. The van der Waals surface area contributed by atoms with E-state index in [9.17, 15) is 4.79 Å². The minimum Gasteiger partial charge on any atom is -0.298 e. The molecule has 0 saturated heterocycles. The molecule has 0 bridgehead atoms. The molecule has 0 aliphatic rings. The first-order valence-corrected chi connectivity index (χ1v) is 11.1. The first-order chi connectivity index (χ1) is 12.3. The van der Waals surface area contributed by atoms with Gasteiger partial charge in [0.2, 0.25) is 0 Å². The molecule has 0 aromatic rings. The molecule has 0 heterocycles. The maximum absolute atomic E-state index is 11.4. The molecule has 0 unspecified atom stereocenters. The van der Waals surface area contributed by atoms with Crippen molar-refractivity contribution >= 4 is 5.97 Å². The van der Waals surface area contributed by atoms with Crippen LogP contribution in [0.3, 0.4) is 0 Å². The summed E-state index contributed by atoms with van der Waals surface area (Å²) in [6.45, 7) is 4.88. The van der Waals surface area contributed by atoms with Gasteiger partial charge in [0.1, 0.15) is 0 Å². The van der Waals surface area contributed by atoms with Crippen molar-refractivity contribution in [2.75, 3.05) is 6.61 Å². The van der Waals surface area contributed by atoms with E-state index < -0.39 is 0 Å². The second kappa shape index (κ2) is 25.3. The molecule has 0 atom stereocenters. The third-order valence-electron chi connectivity index (χ3n) is 4.72. The van der Waals surface area contributed by atoms with Crippen molar-refractivity contribution in [3.05, 3.63) is 0 Å². The standard InChI is InChI=1S/C22H44O3.Zr/c1-3-5-7-8-9-10-11-12-13-14-15-16-17-18-19-20-22(23)25-24-21-6-4-2;/h3-21H2,1-2H3;. The van der Waals surface area contributed by atoms with E-state index in [0.29, 0.717) is 13.0 Å². The molecule has 0 radical (unpaired) electrons. The third kappa shape index (κ3) is 24.3. The number of unbranched alkanes of at least 4 members (excludes halogenated alkanes) is 15. The van der Waals surface area contributed by atoms with Crippen molar-refractivity contribution < 1.29 is 40.8 Å². The summed E-state index contributed by atoms with van der Waals surface area (Å²) in [7, 11) is 0. The van der Waals surface area contributed by atoms with Gasteiger partial charge in [-0.2, -0.15) is 4.89 Å². The summed E-state index contributed by atoms with van der Waals surface area (Å²) in [5.41, 5.74) is 0. The molecule has 26 heavy (non-hydrogen) atoms. The summed E-state index contributed by atoms with van der Waals surface area (Å²) >= 11 is 0. The Bertz CT molecular complexity index is 272. The van der Waals surface area contributed by atoms with Gasteiger partial charge in [0, 0.05) is 32.6 Å². The van der Waals surface area contributed by atoms with Crippen molar-refractivity contribution in [1.82, 2.24) is 0 Å². The van der Waals surface area contributed by atoms with Gasteiger partial charge in [-0.3, -0.25) is 4.89 Å². The van der Waals surface area contributed by atoms with Gasteiger partial charge in [0.25, 0.3) is 0 Å². The molecular weight excluding hydrogens is 403 g/mol. The average Bonchev–Trinajstić information content (AvgIpc) is 2.62. The molecule has 0 saturated carbocycles. The van der Waals surface area contributed by atoms with E-state index in [2.05, 4.69) is 13.8 Å². The van der Waals surface area contributed by atoms with Gasteiger partial charge in [-0.05, 0) is 12.8 Å². The maximum Gasteiger partial charge on any atom is 0.342 e. The van der Waals surface area contributed by atoms with Crippen molar-refractivity contribution in [3.63, 3.8) is 0 Å². The number of carbonyl (C=O) groups is 1. The Morgan fingerprint density at radius 1 is 0.577 bits per heavy atom. The molecule has 0 aromatic carbocycles. The quantitative estimate of drug-likeness (QED) is 0.110. The van der Waals surface area contributed by atoms with Crippen molar-refractivity contribution in [2.45, 2.75) is 129 Å². The Balaban J connectivity index is 0. The maximum atomic E-state index is 11.4. The number of rotatable bonds is 20. The average molecular weight is 448 g/mol. The zero-order valence-electron chi connectivity index (χ0n) is 17.7. The monoisotopic (exact) mass is 446 g/mol. The Morgan fingerprint density at radius 3 is 1.38 bits per heavy atom. The van der Waals surface area contributed by atoms with Crippen LogP contribution in [-0.2, 0) is 40.8 Å². The Morgan fingerprint density at radius 2 is 0.962 bits per heavy atom. The second-order valence-electron chi connectivity index (χ2n) is 7.33. The molecule has 0 aliphatic heterocycles. The van der Waals surface area contributed by atoms with E-state index >= 15 is 0 Å². The topological polar surface area (TPSA) is 35.5 Å². The van der Waals surface area contributed by atoms with Gasteiger partial charge in [-0.1, -0.05) is 110 Å². The van der Waals surface area contributed by atoms with Crippen LogP contribution < -0.4 is 0 Å². The SMILES string of the molecule is CCCCCCCCCCCCCCCCCC(=O)OOCCCC.[Zr]. The zero-order valence-corrected chi connectivity index (χ0v) is 20.1. The minimum absolute atomic E-state index is 0. The molecule has 0 aromatic heterocycles. The number of hydrogen-bond donors (Lipinski definition) is 0. The van der Waals surface area contributed by atoms with E-state index in [4.69, 9.17) is 9.78 Å². The van der Waals surface area contributed by atoms with E-state index in [1.807, 2.05) is 0 Å². The summed E-state index contributed by atoms with van der Waals surface area (Å²) in [6.07, 6.45) is 22.5. The molecule has 3 nitrogen and oxygen atoms in total. The van der Waals surface area contributed by atoms with Crippen LogP contribution >= 0.6 is 0 Å². The minimum atomic E-state index is -0.217. The van der Waals surface area contributed by atoms with E-state index in [1.165, 1.54) is 83.5 Å². The fraction of sp³-hybridized carbons (Fsp3) is 0.955. The van der Waals surface area contributed by atoms with E-state index in [1.54, 1.807) is 0 Å². The molecule has 0 aliphatic carbocycles. The molecular formula is C22H44O3Zr. The van der Waals surface area contributed by atoms with Crippen LogP contribution in [0.4, 0.5) is 0 Å². The Labute approximate surface area is 182 Å². The van der Waals surface area contributed by atoms with Crippen LogP contribution in [0.5, 0.6) is 0 Å². The summed E-state index contributed by atoms with van der Waals surface area (Å²) in [4.78, 5) is 21.0. The summed E-state index contributed by atoms with van der Waals surface area (Å²) in [6, 6.07) is 0. The normalized spacial score (nSPS) is 10.5. The molecule has 154 valence electrons. The Hall–Kier alpha value is 0.313. The number of hydrogen-bond acceptors (Lipinski definition) is 3. The van der Waals surface area contributed by atoms with Crippen LogP contribution in [-0.4, -0.2) is 12.6 Å². The molecule has 4 heteroatoms. The molecule has 0 N–H and O–H groups in total. The third-order valence-corrected chi connectivity index (χ3v) is 4.72. The predicted molar refractivity (Wildman–Crippen MR) is 106 cm³/mol. The van der Waals surface area contributed by atoms with Gasteiger partial charge < -0.3 is 0 Å². The van der Waals surface area contributed by atoms with Crippen LogP contribution in [0.25, 0.3) is 0 Å². The van der Waals surface area contributed by atoms with Gasteiger partial charge in [0.05, 0.1) is 6.61 Å². The molecule has 0 fully saturated rings. The van der Waals surface area contributed by atoms with E-state index in [0.717, 1.165) is 25.7 Å². The molecule has 0 spiro atoms. The first-order valence-electron chi connectivity index (χ1n) is 11.1. The van der Waals surface area contributed by atoms with Crippen LogP contribution in [0.15, 0.2) is 0 Å². The van der Waals surface area contributed by atoms with Gasteiger partial charge in [-0.15, -0.1) is 0 Å². The van der Waals surface area contributed by atoms with Crippen molar-refractivity contribution in [1.29, 1.82) is 0 Å². The van der Waals surface area contributed by atoms with Crippen molar-refractivity contribution in [2.24, 2.45) is 0 Å². The van der Waals surface area contributed by atoms with Gasteiger partial charge in [0.15, 0.2) is 0 Å². The second-order valence-corrected chi connectivity index (χ2v) is 7.33. The fourth-order valence-electron chi connectivity index (χ4n) is 2.99. The Kier molecular flexibility index (Phi) is 27.8. The number of carbonyl (C=O) groups excluding carboxylic acids is 1. The summed E-state index contributed by atoms with van der Waals surface area (Å²) in [5.74, 6) is -0.217. The van der Waals surface area contributed by atoms with Crippen LogP contribution in [0.2, 0.25) is 0 Å². The largest absolute Gasteiger partial charge is 0.342 e. The van der Waals surface area contributed by atoms with Crippen LogP contribution in [0.1, 0.15) is 129 Å². The van der Waals surface area contributed by atoms with Gasteiger partial charge >= 0.3 is 5.97 Å². The zero-order chi connectivity index (χ0) is 18.4. The molecule has 0 rings (SSSR count). The fourth-order valence-corrected chi connectivity index (χ4v) is 2.99. The molecule has 0 amide bonds. The van der Waals surface area contributed by atoms with Crippen molar-refractivity contribution in [3.8, 4) is 0 Å². The van der Waals surface area contributed by atoms with E-state index in [-0.39, 0.29) is 32.2 Å². The van der Waals surface area contributed by atoms with Gasteiger partial charge in [-0.25, -0.2) is 4.79 Å². The predicted octanol–water partition coefficient (Wildman–Crippen LogP) is 7.52. The van der Waals surface area contributed by atoms with Crippen LogP contribution in [0, 0.1) is 0 Å².